The monoisotopic (exact) mass is 274 g/mol. The minimum atomic E-state index is -1.31. The molecule has 1 aliphatic rings. The summed E-state index contributed by atoms with van der Waals surface area (Å²) in [6, 6.07) is -1.81. The molecule has 0 radical (unpaired) electrons. The highest BCUT2D eigenvalue weighted by atomic mass is 16.4. The Kier molecular flexibility index (Phi) is 6.58. The van der Waals surface area contributed by atoms with Crippen LogP contribution in [0.3, 0.4) is 0 Å². The van der Waals surface area contributed by atoms with Crippen molar-refractivity contribution in [3.63, 3.8) is 0 Å². The van der Waals surface area contributed by atoms with Crippen LogP contribution in [0, 0.1) is 0 Å². The van der Waals surface area contributed by atoms with Crippen molar-refractivity contribution in [2.24, 2.45) is 0 Å². The fourth-order valence-corrected chi connectivity index (χ4v) is 2.37. The van der Waals surface area contributed by atoms with Gasteiger partial charge < -0.3 is 25.5 Å². The van der Waals surface area contributed by atoms with Gasteiger partial charge in [-0.3, -0.25) is 0 Å². The Morgan fingerprint density at radius 3 is 2.32 bits per heavy atom. The number of carbonyl (C=O) groups excluding carboxylic acids is 1. The average Bonchev–Trinajstić information content (AvgIpc) is 2.42. The molecule has 1 aliphatic carbocycles. The van der Waals surface area contributed by atoms with Crippen LogP contribution in [0.5, 0.6) is 0 Å². The number of carboxylic acid groups (broad SMARTS) is 1. The summed E-state index contributed by atoms with van der Waals surface area (Å²) in [5, 5.41) is 29.0. The number of amides is 2. The quantitative estimate of drug-likeness (QED) is 0.535. The molecule has 0 aromatic carbocycles. The van der Waals surface area contributed by atoms with Gasteiger partial charge in [0.2, 0.25) is 0 Å². The number of rotatable bonds is 6. The summed E-state index contributed by atoms with van der Waals surface area (Å²) in [6.07, 6.45) is 4.93. The first-order valence-corrected chi connectivity index (χ1v) is 6.61. The van der Waals surface area contributed by atoms with Gasteiger partial charge in [-0.25, -0.2) is 9.59 Å². The third-order valence-electron chi connectivity index (χ3n) is 3.40. The molecule has 110 valence electrons. The maximum Gasteiger partial charge on any atom is 0.328 e. The van der Waals surface area contributed by atoms with Crippen LogP contribution in [0.4, 0.5) is 4.79 Å². The Balaban J connectivity index is 2.63. The molecule has 1 saturated carbocycles. The molecule has 1 atom stereocenters. The SMILES string of the molecule is O=C(O)[C@H](CO)NC(=O)N(CCO)C1CCCCC1. The predicted octanol–water partition coefficient (Wildman–Crippen LogP) is -0.231. The molecule has 0 aliphatic heterocycles. The van der Waals surface area contributed by atoms with Crippen LogP contribution in [0.2, 0.25) is 0 Å². The van der Waals surface area contributed by atoms with Gasteiger partial charge in [0, 0.05) is 12.6 Å². The van der Waals surface area contributed by atoms with Crippen molar-refractivity contribution in [2.75, 3.05) is 19.8 Å². The topological polar surface area (TPSA) is 110 Å². The van der Waals surface area contributed by atoms with E-state index in [1.165, 1.54) is 4.90 Å². The van der Waals surface area contributed by atoms with Crippen molar-refractivity contribution in [2.45, 2.75) is 44.2 Å². The Labute approximate surface area is 112 Å². The van der Waals surface area contributed by atoms with E-state index in [0.29, 0.717) is 0 Å². The first-order chi connectivity index (χ1) is 9.10. The van der Waals surface area contributed by atoms with Gasteiger partial charge in [0.1, 0.15) is 0 Å². The van der Waals surface area contributed by atoms with Gasteiger partial charge in [0.25, 0.3) is 0 Å². The standard InChI is InChI=1S/C12H22N2O5/c15-7-6-14(9-4-2-1-3-5-9)12(19)13-10(8-16)11(17)18/h9-10,15-16H,1-8H2,(H,13,19)(H,17,18)/t10-/m0/s1. The number of urea groups is 1. The summed E-state index contributed by atoms with van der Waals surface area (Å²) in [5.74, 6) is -1.27. The molecular formula is C12H22N2O5. The summed E-state index contributed by atoms with van der Waals surface area (Å²) in [7, 11) is 0. The average molecular weight is 274 g/mol. The molecular weight excluding hydrogens is 252 g/mol. The minimum Gasteiger partial charge on any atom is -0.480 e. The molecule has 0 unspecified atom stereocenters. The van der Waals surface area contributed by atoms with Crippen molar-refractivity contribution < 1.29 is 24.9 Å². The highest BCUT2D eigenvalue weighted by Crippen LogP contribution is 2.22. The molecule has 1 rings (SSSR count). The summed E-state index contributed by atoms with van der Waals surface area (Å²) < 4.78 is 0. The first-order valence-electron chi connectivity index (χ1n) is 6.61. The zero-order chi connectivity index (χ0) is 14.3. The Morgan fingerprint density at radius 1 is 1.21 bits per heavy atom. The Bertz CT molecular complexity index is 304. The lowest BCUT2D eigenvalue weighted by molar-refractivity contribution is -0.140. The fraction of sp³-hybridized carbons (Fsp3) is 0.833. The highest BCUT2D eigenvalue weighted by molar-refractivity contribution is 5.82. The summed E-state index contributed by atoms with van der Waals surface area (Å²) in [5.41, 5.74) is 0. The molecule has 0 heterocycles. The minimum absolute atomic E-state index is 0.0361. The van der Waals surface area contributed by atoms with Crippen molar-refractivity contribution in [3.05, 3.63) is 0 Å². The molecule has 2 amide bonds. The third kappa shape index (κ3) is 4.68. The first kappa shape index (κ1) is 15.7. The molecule has 7 nitrogen and oxygen atoms in total. The van der Waals surface area contributed by atoms with Crippen LogP contribution < -0.4 is 5.32 Å². The van der Waals surface area contributed by atoms with Crippen LogP contribution >= 0.6 is 0 Å². The lowest BCUT2D eigenvalue weighted by Gasteiger charge is -2.34. The molecule has 0 aromatic heterocycles. The van der Waals surface area contributed by atoms with Gasteiger partial charge >= 0.3 is 12.0 Å². The van der Waals surface area contributed by atoms with E-state index in [2.05, 4.69) is 5.32 Å². The van der Waals surface area contributed by atoms with E-state index < -0.39 is 24.6 Å². The number of carbonyl (C=O) groups is 2. The van der Waals surface area contributed by atoms with E-state index in [1.54, 1.807) is 0 Å². The lowest BCUT2D eigenvalue weighted by atomic mass is 9.94. The number of nitrogens with zero attached hydrogens (tertiary/aromatic N) is 1. The highest BCUT2D eigenvalue weighted by Gasteiger charge is 2.28. The maximum atomic E-state index is 12.0. The Morgan fingerprint density at radius 2 is 1.84 bits per heavy atom. The van der Waals surface area contributed by atoms with E-state index >= 15 is 0 Å². The second kappa shape index (κ2) is 7.96. The molecule has 4 N–H and O–H groups in total. The summed E-state index contributed by atoms with van der Waals surface area (Å²) >= 11 is 0. The van der Waals surface area contributed by atoms with E-state index in [-0.39, 0.29) is 19.2 Å². The number of hydrogen-bond donors (Lipinski definition) is 4. The number of aliphatic carboxylic acids is 1. The van der Waals surface area contributed by atoms with Crippen molar-refractivity contribution in [3.8, 4) is 0 Å². The maximum absolute atomic E-state index is 12.0. The number of hydrogen-bond acceptors (Lipinski definition) is 4. The number of carboxylic acids is 1. The van der Waals surface area contributed by atoms with Crippen LogP contribution in [0.25, 0.3) is 0 Å². The van der Waals surface area contributed by atoms with E-state index in [1.807, 2.05) is 0 Å². The van der Waals surface area contributed by atoms with Crippen molar-refractivity contribution in [1.29, 1.82) is 0 Å². The molecule has 0 aromatic rings. The number of nitrogens with one attached hydrogen (secondary N) is 1. The van der Waals surface area contributed by atoms with Crippen LogP contribution in [0.15, 0.2) is 0 Å². The normalized spacial score (nSPS) is 17.8. The third-order valence-corrected chi connectivity index (χ3v) is 3.40. The number of aliphatic hydroxyl groups is 2. The number of aliphatic hydroxyl groups excluding tert-OH is 2. The molecule has 0 saturated heterocycles. The molecule has 0 spiro atoms. The van der Waals surface area contributed by atoms with Gasteiger partial charge in [0.15, 0.2) is 6.04 Å². The van der Waals surface area contributed by atoms with Crippen LogP contribution in [0.1, 0.15) is 32.1 Å². The van der Waals surface area contributed by atoms with E-state index in [4.69, 9.17) is 15.3 Å². The van der Waals surface area contributed by atoms with Crippen LogP contribution in [-0.4, -0.2) is 64.1 Å². The summed E-state index contributed by atoms with van der Waals surface area (Å²) in [6.45, 7) is -0.645. The van der Waals surface area contributed by atoms with Gasteiger partial charge in [-0.2, -0.15) is 0 Å². The molecule has 7 heteroatoms. The molecule has 19 heavy (non-hydrogen) atoms. The van der Waals surface area contributed by atoms with Gasteiger partial charge in [-0.15, -0.1) is 0 Å². The lowest BCUT2D eigenvalue weighted by Crippen LogP contribution is -2.53. The molecule has 1 fully saturated rings. The van der Waals surface area contributed by atoms with E-state index in [0.717, 1.165) is 32.1 Å². The van der Waals surface area contributed by atoms with Crippen molar-refractivity contribution >= 4 is 12.0 Å². The Hall–Kier alpha value is -1.34. The smallest absolute Gasteiger partial charge is 0.328 e. The van der Waals surface area contributed by atoms with E-state index in [9.17, 15) is 9.59 Å². The zero-order valence-corrected chi connectivity index (χ0v) is 10.9. The predicted molar refractivity (Wildman–Crippen MR) is 67.7 cm³/mol. The molecule has 0 bridgehead atoms. The van der Waals surface area contributed by atoms with Gasteiger partial charge in [-0.05, 0) is 12.8 Å². The van der Waals surface area contributed by atoms with Gasteiger partial charge in [0.05, 0.1) is 13.2 Å². The largest absolute Gasteiger partial charge is 0.480 e. The second-order valence-corrected chi connectivity index (χ2v) is 4.73. The van der Waals surface area contributed by atoms with Crippen molar-refractivity contribution in [1.82, 2.24) is 10.2 Å². The fourth-order valence-electron chi connectivity index (χ4n) is 2.37. The van der Waals surface area contributed by atoms with Crippen LogP contribution in [-0.2, 0) is 4.79 Å². The summed E-state index contributed by atoms with van der Waals surface area (Å²) in [4.78, 5) is 24.3. The zero-order valence-electron chi connectivity index (χ0n) is 10.9. The van der Waals surface area contributed by atoms with Gasteiger partial charge in [-0.1, -0.05) is 19.3 Å². The second-order valence-electron chi connectivity index (χ2n) is 4.73.